The Morgan fingerprint density at radius 1 is 0.645 bits per heavy atom. The highest BCUT2D eigenvalue weighted by Gasteiger charge is 2.77. The second-order valence-corrected chi connectivity index (χ2v) is 5.47. The molecule has 0 radical (unpaired) electrons. The zero-order chi connectivity index (χ0) is 25.3. The van der Waals surface area contributed by atoms with Crippen LogP contribution in [0.15, 0.2) is 0 Å². The fraction of sp³-hybridized carbons (Fsp3) is 0.833. The van der Waals surface area contributed by atoms with Crippen molar-refractivity contribution in [3.8, 4) is 0 Å². The van der Waals surface area contributed by atoms with Crippen LogP contribution in [-0.4, -0.2) is 84.5 Å². The van der Waals surface area contributed by atoms with Gasteiger partial charge in [0, 0.05) is 7.11 Å². The number of ether oxygens (including phenoxy) is 3. The molecule has 0 unspecified atom stereocenters. The lowest BCUT2D eigenvalue weighted by molar-refractivity contribution is -0.357. The summed E-state index contributed by atoms with van der Waals surface area (Å²) in [5.41, 5.74) is -12.1. The van der Waals surface area contributed by atoms with Gasteiger partial charge in [-0.1, -0.05) is 0 Å². The Morgan fingerprint density at radius 3 is 1.03 bits per heavy atom. The topological polar surface area (TPSA) is 102 Å². The second kappa shape index (κ2) is 8.85. The van der Waals surface area contributed by atoms with Crippen LogP contribution in [0.5, 0.6) is 0 Å². The first-order valence-corrected chi connectivity index (χ1v) is 7.07. The lowest BCUT2D eigenvalue weighted by atomic mass is 10.0. The Kier molecular flexibility index (Phi) is 8.27. The SMILES string of the molecule is COC(COC(=O)C(O)(C(F)(F)F)C(F)(F)F)COC(=O)C(O)(C(F)(F)F)C(F)(F)F. The molecule has 0 aromatic rings. The molecule has 0 bridgehead atoms. The third-order valence-corrected chi connectivity index (χ3v) is 3.37. The fourth-order valence-electron chi connectivity index (χ4n) is 1.51. The van der Waals surface area contributed by atoms with E-state index in [0.717, 1.165) is 0 Å². The average Bonchev–Trinajstić information content (AvgIpc) is 2.55. The number of carbonyl (C=O) groups is 2. The molecule has 31 heavy (non-hydrogen) atoms. The first-order chi connectivity index (χ1) is 13.5. The molecule has 0 spiro atoms. The summed E-state index contributed by atoms with van der Waals surface area (Å²) in [6, 6.07) is 0. The van der Waals surface area contributed by atoms with Crippen molar-refractivity contribution in [2.75, 3.05) is 20.3 Å². The minimum atomic E-state index is -6.65. The Morgan fingerprint density at radius 2 is 0.871 bits per heavy atom. The number of hydrogen-bond donors (Lipinski definition) is 2. The smallest absolute Gasteiger partial charge is 0.437 e. The van der Waals surface area contributed by atoms with Gasteiger partial charge < -0.3 is 24.4 Å². The number of halogens is 12. The summed E-state index contributed by atoms with van der Waals surface area (Å²) in [6.45, 7) is -3.54. The maximum absolute atomic E-state index is 12.5. The molecule has 0 saturated heterocycles. The van der Waals surface area contributed by atoms with E-state index in [9.17, 15) is 62.3 Å². The van der Waals surface area contributed by atoms with Crippen molar-refractivity contribution in [1.29, 1.82) is 0 Å². The first kappa shape index (κ1) is 29.0. The Balaban J connectivity index is 5.37. The van der Waals surface area contributed by atoms with Gasteiger partial charge in [0.15, 0.2) is 0 Å². The molecule has 0 saturated carbocycles. The quantitative estimate of drug-likeness (QED) is 0.411. The molecule has 0 aliphatic heterocycles. The maximum atomic E-state index is 12.5. The zero-order valence-electron chi connectivity index (χ0n) is 14.5. The van der Waals surface area contributed by atoms with Crippen molar-refractivity contribution in [2.24, 2.45) is 0 Å². The maximum Gasteiger partial charge on any atom is 0.437 e. The standard InChI is InChI=1S/C12H10F12O7/c1-29-4(2-30-5(25)7(27,9(13,14)15)10(16,17)18)3-31-6(26)8(28,11(19,20)21)12(22,23)24/h4,27-28H,2-3H2,1H3. The summed E-state index contributed by atoms with van der Waals surface area (Å²) >= 11 is 0. The van der Waals surface area contributed by atoms with Crippen LogP contribution in [-0.2, 0) is 23.8 Å². The van der Waals surface area contributed by atoms with E-state index < -0.39 is 67.2 Å². The Bertz CT molecular complexity index is 566. The van der Waals surface area contributed by atoms with Crippen LogP contribution >= 0.6 is 0 Å². The monoisotopic (exact) mass is 494 g/mol. The molecular weight excluding hydrogens is 484 g/mol. The minimum absolute atomic E-state index is 0.520. The van der Waals surface area contributed by atoms with Crippen LogP contribution in [0.3, 0.4) is 0 Å². The van der Waals surface area contributed by atoms with Gasteiger partial charge in [-0.2, -0.15) is 52.7 Å². The summed E-state index contributed by atoms with van der Waals surface area (Å²) in [5, 5.41) is 17.4. The molecule has 0 aromatic heterocycles. The largest absolute Gasteiger partial charge is 0.460 e. The molecule has 0 aromatic carbocycles. The predicted octanol–water partition coefficient (Wildman–Crippen LogP) is 1.80. The fourth-order valence-corrected chi connectivity index (χ4v) is 1.51. The predicted molar refractivity (Wildman–Crippen MR) is 66.8 cm³/mol. The number of methoxy groups -OCH3 is 1. The van der Waals surface area contributed by atoms with Gasteiger partial charge in [-0.05, 0) is 0 Å². The molecule has 19 heteroatoms. The lowest BCUT2D eigenvalue weighted by Gasteiger charge is -2.31. The minimum Gasteiger partial charge on any atom is -0.460 e. The van der Waals surface area contributed by atoms with Gasteiger partial charge in [0.25, 0.3) is 0 Å². The molecular formula is C12H10F12O7. The molecule has 0 atom stereocenters. The van der Waals surface area contributed by atoms with Crippen molar-refractivity contribution in [2.45, 2.75) is 42.0 Å². The van der Waals surface area contributed by atoms with Crippen LogP contribution in [0.1, 0.15) is 0 Å². The van der Waals surface area contributed by atoms with Crippen LogP contribution in [0.2, 0.25) is 0 Å². The Labute approximate surface area is 162 Å². The van der Waals surface area contributed by atoms with E-state index in [-0.39, 0.29) is 0 Å². The molecule has 184 valence electrons. The van der Waals surface area contributed by atoms with Crippen molar-refractivity contribution < 1.29 is 86.7 Å². The van der Waals surface area contributed by atoms with Crippen LogP contribution < -0.4 is 0 Å². The molecule has 2 N–H and O–H groups in total. The van der Waals surface area contributed by atoms with E-state index in [4.69, 9.17) is 10.2 Å². The van der Waals surface area contributed by atoms with E-state index >= 15 is 0 Å². The van der Waals surface area contributed by atoms with E-state index in [1.807, 2.05) is 0 Å². The van der Waals surface area contributed by atoms with Crippen molar-refractivity contribution >= 4 is 11.9 Å². The van der Waals surface area contributed by atoms with Crippen LogP contribution in [0.4, 0.5) is 52.7 Å². The van der Waals surface area contributed by atoms with Gasteiger partial charge >= 0.3 is 47.8 Å². The Hall–Kier alpha value is -2.02. The summed E-state index contributed by atoms with van der Waals surface area (Å²) in [6.07, 6.45) is -28.8. The van der Waals surface area contributed by atoms with Gasteiger partial charge in [-0.25, -0.2) is 9.59 Å². The third-order valence-electron chi connectivity index (χ3n) is 3.37. The zero-order valence-corrected chi connectivity index (χ0v) is 14.5. The van der Waals surface area contributed by atoms with E-state index in [1.165, 1.54) is 0 Å². The highest BCUT2D eigenvalue weighted by Crippen LogP contribution is 2.45. The summed E-state index contributed by atoms with van der Waals surface area (Å²) in [7, 11) is 0.520. The van der Waals surface area contributed by atoms with Crippen LogP contribution in [0.25, 0.3) is 0 Å². The number of esters is 2. The second-order valence-electron chi connectivity index (χ2n) is 5.47. The van der Waals surface area contributed by atoms with E-state index in [0.29, 0.717) is 7.11 Å². The van der Waals surface area contributed by atoms with Gasteiger partial charge in [0.2, 0.25) is 0 Å². The number of rotatable bonds is 7. The van der Waals surface area contributed by atoms with E-state index in [2.05, 4.69) is 14.2 Å². The molecule has 0 fully saturated rings. The number of hydrogen-bond acceptors (Lipinski definition) is 7. The van der Waals surface area contributed by atoms with E-state index in [1.54, 1.807) is 0 Å². The van der Waals surface area contributed by atoms with Crippen molar-refractivity contribution in [3.63, 3.8) is 0 Å². The van der Waals surface area contributed by atoms with Crippen molar-refractivity contribution in [1.82, 2.24) is 0 Å². The van der Waals surface area contributed by atoms with Gasteiger partial charge in [0.05, 0.1) is 0 Å². The normalized spacial score (nSPS) is 14.6. The molecule has 0 aliphatic rings. The van der Waals surface area contributed by atoms with Gasteiger partial charge in [-0.15, -0.1) is 0 Å². The highest BCUT2D eigenvalue weighted by atomic mass is 19.4. The molecule has 0 heterocycles. The molecule has 0 aliphatic carbocycles. The molecule has 0 amide bonds. The van der Waals surface area contributed by atoms with Gasteiger partial charge in [0.1, 0.15) is 19.3 Å². The number of aliphatic hydroxyl groups is 2. The average molecular weight is 494 g/mol. The number of alkyl halides is 12. The highest BCUT2D eigenvalue weighted by molar-refractivity contribution is 5.82. The summed E-state index contributed by atoms with van der Waals surface area (Å²) < 4.78 is 161. The third kappa shape index (κ3) is 5.62. The summed E-state index contributed by atoms with van der Waals surface area (Å²) in [5.74, 6) is -6.74. The number of carbonyl (C=O) groups excluding carboxylic acids is 2. The first-order valence-electron chi connectivity index (χ1n) is 7.07. The van der Waals surface area contributed by atoms with Gasteiger partial charge in [-0.3, -0.25) is 0 Å². The van der Waals surface area contributed by atoms with Crippen molar-refractivity contribution in [3.05, 3.63) is 0 Å². The molecule has 0 rings (SSSR count). The van der Waals surface area contributed by atoms with Crippen LogP contribution in [0, 0.1) is 0 Å². The molecule has 7 nitrogen and oxygen atoms in total. The summed E-state index contributed by atoms with van der Waals surface area (Å²) in [4.78, 5) is 22.3. The lowest BCUT2D eigenvalue weighted by Crippen LogP contribution is -2.63.